The van der Waals surface area contributed by atoms with Gasteiger partial charge in [-0.05, 0) is 31.2 Å². The SMILES string of the molecule is Cc1cccc(CN2CCN(c3nccn4c(-c5cccc(F)c5)cnc34)CC2)n1.O=C(O)C(F)(F)F.O=C(O)C(F)(F)F. The van der Waals surface area contributed by atoms with E-state index >= 15 is 0 Å². The van der Waals surface area contributed by atoms with Crippen LogP contribution in [0.25, 0.3) is 16.9 Å². The van der Waals surface area contributed by atoms with Gasteiger partial charge >= 0.3 is 24.3 Å². The van der Waals surface area contributed by atoms with Crippen molar-refractivity contribution in [1.82, 2.24) is 24.3 Å². The molecule has 3 aromatic heterocycles. The average molecular weight is 631 g/mol. The maximum absolute atomic E-state index is 13.7. The van der Waals surface area contributed by atoms with E-state index in [1.54, 1.807) is 18.5 Å². The molecule has 0 amide bonds. The summed E-state index contributed by atoms with van der Waals surface area (Å²) in [7, 11) is 0. The third-order valence-corrected chi connectivity index (χ3v) is 6.02. The Kier molecular flexibility index (Phi) is 10.8. The van der Waals surface area contributed by atoms with Gasteiger partial charge in [0.2, 0.25) is 0 Å². The molecule has 4 heterocycles. The Morgan fingerprint density at radius 1 is 0.886 bits per heavy atom. The molecule has 17 heteroatoms. The van der Waals surface area contributed by atoms with E-state index in [9.17, 15) is 30.7 Å². The number of aromatic nitrogens is 4. The fourth-order valence-corrected chi connectivity index (χ4v) is 4.02. The number of aryl methyl sites for hydroxylation is 1. The van der Waals surface area contributed by atoms with E-state index in [2.05, 4.69) is 36.9 Å². The van der Waals surface area contributed by atoms with Gasteiger partial charge in [-0.15, -0.1) is 0 Å². The van der Waals surface area contributed by atoms with Crippen molar-refractivity contribution < 1.29 is 50.5 Å². The standard InChI is InChI=1S/C23H23FN6.2C2HF3O2/c1-17-4-2-7-20(27-17)16-28-10-12-29(13-11-28)22-23-26-15-21(30(23)9-8-25-22)18-5-3-6-19(24)14-18;2*3-2(4,5)1(6)7/h2-9,14-15H,10-13,16H2,1H3;2*(H,6,7). The highest BCUT2D eigenvalue weighted by molar-refractivity contribution is 5.73. The van der Waals surface area contributed by atoms with Crippen LogP contribution in [-0.2, 0) is 16.1 Å². The van der Waals surface area contributed by atoms with Crippen LogP contribution in [0.4, 0.5) is 36.6 Å². The van der Waals surface area contributed by atoms with Crippen LogP contribution in [0.3, 0.4) is 0 Å². The van der Waals surface area contributed by atoms with Crippen LogP contribution in [-0.4, -0.2) is 84.9 Å². The van der Waals surface area contributed by atoms with Crippen LogP contribution in [0.2, 0.25) is 0 Å². The summed E-state index contributed by atoms with van der Waals surface area (Å²) in [4.78, 5) is 36.3. The molecule has 0 bridgehead atoms. The van der Waals surface area contributed by atoms with Gasteiger partial charge in [0.15, 0.2) is 11.5 Å². The maximum atomic E-state index is 13.7. The molecule has 1 saturated heterocycles. The lowest BCUT2D eigenvalue weighted by molar-refractivity contribution is -0.193. The second kappa shape index (κ2) is 14.1. The molecule has 0 aliphatic carbocycles. The van der Waals surface area contributed by atoms with E-state index in [1.807, 2.05) is 29.7 Å². The molecule has 0 saturated carbocycles. The van der Waals surface area contributed by atoms with Gasteiger partial charge in [0.25, 0.3) is 0 Å². The first-order chi connectivity index (χ1) is 20.6. The number of carboxylic acid groups (broad SMARTS) is 2. The van der Waals surface area contributed by atoms with Gasteiger partial charge in [0.1, 0.15) is 5.82 Å². The number of imidazole rings is 1. The van der Waals surface area contributed by atoms with Crippen LogP contribution in [0.5, 0.6) is 0 Å². The van der Waals surface area contributed by atoms with Crippen LogP contribution in [0.1, 0.15) is 11.4 Å². The molecule has 1 aliphatic heterocycles. The zero-order valence-electron chi connectivity index (χ0n) is 22.8. The molecule has 4 aromatic rings. The quantitative estimate of drug-likeness (QED) is 0.305. The summed E-state index contributed by atoms with van der Waals surface area (Å²) in [5, 5.41) is 14.2. The number of aliphatic carboxylic acids is 2. The number of halogens is 7. The van der Waals surface area contributed by atoms with Crippen molar-refractivity contribution in [2.75, 3.05) is 31.1 Å². The van der Waals surface area contributed by atoms with Crippen molar-refractivity contribution in [3.63, 3.8) is 0 Å². The van der Waals surface area contributed by atoms with E-state index in [0.29, 0.717) is 0 Å². The highest BCUT2D eigenvalue weighted by atomic mass is 19.4. The molecular weight excluding hydrogens is 605 g/mol. The molecule has 0 spiro atoms. The minimum atomic E-state index is -5.08. The van der Waals surface area contributed by atoms with E-state index in [4.69, 9.17) is 19.8 Å². The van der Waals surface area contributed by atoms with Crippen LogP contribution in [0.15, 0.2) is 61.1 Å². The number of hydrogen-bond acceptors (Lipinski definition) is 7. The van der Waals surface area contributed by atoms with Crippen molar-refractivity contribution >= 4 is 23.4 Å². The molecule has 44 heavy (non-hydrogen) atoms. The molecule has 1 aliphatic rings. The van der Waals surface area contributed by atoms with Gasteiger partial charge in [-0.2, -0.15) is 26.3 Å². The number of carbonyl (C=O) groups is 2. The lowest BCUT2D eigenvalue weighted by atomic mass is 10.1. The third kappa shape index (κ3) is 9.35. The predicted molar refractivity (Wildman–Crippen MR) is 142 cm³/mol. The van der Waals surface area contributed by atoms with Crippen LogP contribution in [0, 0.1) is 12.7 Å². The fraction of sp³-hybridized carbons (Fsp3) is 0.296. The summed E-state index contributed by atoms with van der Waals surface area (Å²) in [6.45, 7) is 6.52. The zero-order chi connectivity index (χ0) is 32.7. The maximum Gasteiger partial charge on any atom is 0.490 e. The first-order valence-electron chi connectivity index (χ1n) is 12.6. The number of alkyl halides is 6. The number of fused-ring (bicyclic) bond motifs is 1. The number of hydrogen-bond donors (Lipinski definition) is 2. The Hall–Kier alpha value is -4.80. The minimum Gasteiger partial charge on any atom is -0.475 e. The smallest absolute Gasteiger partial charge is 0.475 e. The Bertz CT molecular complexity index is 1560. The van der Waals surface area contributed by atoms with Gasteiger partial charge in [-0.1, -0.05) is 18.2 Å². The summed E-state index contributed by atoms with van der Waals surface area (Å²) in [6, 6.07) is 12.8. The molecule has 2 N–H and O–H groups in total. The van der Waals surface area contributed by atoms with Gasteiger partial charge in [-0.3, -0.25) is 14.3 Å². The summed E-state index contributed by atoms with van der Waals surface area (Å²) < 4.78 is 79.1. The Morgan fingerprint density at radius 2 is 1.48 bits per heavy atom. The number of rotatable bonds is 4. The second-order valence-corrected chi connectivity index (χ2v) is 9.24. The van der Waals surface area contributed by atoms with Gasteiger partial charge < -0.3 is 15.1 Å². The number of piperazine rings is 1. The van der Waals surface area contributed by atoms with E-state index in [0.717, 1.165) is 66.8 Å². The number of carboxylic acids is 2. The second-order valence-electron chi connectivity index (χ2n) is 9.24. The van der Waals surface area contributed by atoms with Crippen molar-refractivity contribution in [3.05, 3.63) is 78.3 Å². The molecule has 0 radical (unpaired) electrons. The van der Waals surface area contributed by atoms with Crippen LogP contribution < -0.4 is 4.90 Å². The van der Waals surface area contributed by atoms with Crippen LogP contribution >= 0.6 is 0 Å². The third-order valence-electron chi connectivity index (χ3n) is 6.02. The molecule has 236 valence electrons. The van der Waals surface area contributed by atoms with Crippen molar-refractivity contribution in [3.8, 4) is 11.3 Å². The normalized spacial score (nSPS) is 13.9. The fourth-order valence-electron chi connectivity index (χ4n) is 4.02. The molecule has 0 unspecified atom stereocenters. The predicted octanol–water partition coefficient (Wildman–Crippen LogP) is 4.83. The van der Waals surface area contributed by atoms with E-state index in [1.165, 1.54) is 12.1 Å². The molecule has 1 fully saturated rings. The van der Waals surface area contributed by atoms with Crippen molar-refractivity contribution in [1.29, 1.82) is 0 Å². The van der Waals surface area contributed by atoms with E-state index < -0.39 is 24.3 Å². The first-order valence-corrected chi connectivity index (χ1v) is 12.6. The lowest BCUT2D eigenvalue weighted by Gasteiger charge is -2.35. The molecule has 10 nitrogen and oxygen atoms in total. The molecule has 5 rings (SSSR count). The summed E-state index contributed by atoms with van der Waals surface area (Å²) in [5.41, 5.74) is 4.62. The number of benzene rings is 1. The Labute approximate surface area is 245 Å². The molecule has 0 atom stereocenters. The highest BCUT2D eigenvalue weighted by Gasteiger charge is 2.38. The summed E-state index contributed by atoms with van der Waals surface area (Å²) in [6.07, 6.45) is -4.71. The number of nitrogens with zero attached hydrogens (tertiary/aromatic N) is 6. The zero-order valence-corrected chi connectivity index (χ0v) is 22.8. The molecule has 1 aromatic carbocycles. The first kappa shape index (κ1) is 33.7. The summed E-state index contributed by atoms with van der Waals surface area (Å²) in [5.74, 6) is -4.90. The highest BCUT2D eigenvalue weighted by Crippen LogP contribution is 2.26. The lowest BCUT2D eigenvalue weighted by Crippen LogP contribution is -2.46. The topological polar surface area (TPSA) is 124 Å². The van der Waals surface area contributed by atoms with Gasteiger partial charge in [0, 0.05) is 56.4 Å². The van der Waals surface area contributed by atoms with Gasteiger partial charge in [-0.25, -0.2) is 23.9 Å². The number of pyridine rings is 1. The van der Waals surface area contributed by atoms with Crippen molar-refractivity contribution in [2.24, 2.45) is 0 Å². The monoisotopic (exact) mass is 630 g/mol. The average Bonchev–Trinajstić information content (AvgIpc) is 3.38. The van der Waals surface area contributed by atoms with Gasteiger partial charge in [0.05, 0.1) is 17.6 Å². The number of anilines is 1. The van der Waals surface area contributed by atoms with E-state index in [-0.39, 0.29) is 5.82 Å². The Morgan fingerprint density at radius 3 is 2.02 bits per heavy atom. The summed E-state index contributed by atoms with van der Waals surface area (Å²) >= 11 is 0. The Balaban J connectivity index is 0.000000317. The van der Waals surface area contributed by atoms with Crippen molar-refractivity contribution in [2.45, 2.75) is 25.8 Å². The largest absolute Gasteiger partial charge is 0.490 e. The minimum absolute atomic E-state index is 0.254. The molecular formula is C27H25F7N6O4.